The monoisotopic (exact) mass is 177 g/mol. The first-order chi connectivity index (χ1) is 6.27. The zero-order valence-corrected chi connectivity index (χ0v) is 6.61. The summed E-state index contributed by atoms with van der Waals surface area (Å²) < 4.78 is 0. The first-order valence-corrected chi connectivity index (χ1v) is 3.62. The standard InChI is InChI=1S/C7H7N5O/c8-4-3-11-7(12-4)5(13)6-9-1-2-10-6/h1-3H,8H2,(H,9,10)(H,11,12). The lowest BCUT2D eigenvalue weighted by Gasteiger charge is -1.90. The second-order valence-electron chi connectivity index (χ2n) is 2.45. The van der Waals surface area contributed by atoms with E-state index in [1.165, 1.54) is 12.4 Å². The number of nitrogens with two attached hydrogens (primary N) is 1. The highest BCUT2D eigenvalue weighted by molar-refractivity contribution is 6.03. The van der Waals surface area contributed by atoms with Gasteiger partial charge in [0.15, 0.2) is 11.6 Å². The molecular formula is C7H7N5O. The van der Waals surface area contributed by atoms with Crippen LogP contribution >= 0.6 is 0 Å². The van der Waals surface area contributed by atoms with Crippen molar-refractivity contribution in [2.75, 3.05) is 5.73 Å². The summed E-state index contributed by atoms with van der Waals surface area (Å²) in [6.07, 6.45) is 4.45. The van der Waals surface area contributed by atoms with Gasteiger partial charge in [-0.25, -0.2) is 9.97 Å². The largest absolute Gasteiger partial charge is 0.384 e. The Morgan fingerprint density at radius 3 is 2.77 bits per heavy atom. The lowest BCUT2D eigenvalue weighted by molar-refractivity contribution is 0.102. The van der Waals surface area contributed by atoms with E-state index in [-0.39, 0.29) is 17.4 Å². The maximum atomic E-state index is 11.5. The molecule has 66 valence electrons. The number of carbonyl (C=O) groups is 1. The number of aromatic amines is 2. The van der Waals surface area contributed by atoms with Crippen LogP contribution in [-0.4, -0.2) is 25.7 Å². The van der Waals surface area contributed by atoms with E-state index in [1.807, 2.05) is 0 Å². The Hall–Kier alpha value is -2.11. The van der Waals surface area contributed by atoms with Crippen molar-refractivity contribution in [3.05, 3.63) is 30.2 Å². The summed E-state index contributed by atoms with van der Waals surface area (Å²) in [6.45, 7) is 0. The third-order valence-corrected chi connectivity index (χ3v) is 1.52. The average Bonchev–Trinajstić information content (AvgIpc) is 2.72. The van der Waals surface area contributed by atoms with Crippen molar-refractivity contribution in [3.8, 4) is 0 Å². The summed E-state index contributed by atoms with van der Waals surface area (Å²) in [6, 6.07) is 0. The Bertz CT molecular complexity index is 416. The molecule has 0 amide bonds. The molecule has 2 heterocycles. The summed E-state index contributed by atoms with van der Waals surface area (Å²) in [5, 5.41) is 0. The smallest absolute Gasteiger partial charge is 0.263 e. The number of hydrogen-bond acceptors (Lipinski definition) is 4. The molecule has 2 aromatic rings. The Balaban J connectivity index is 2.33. The number of H-pyrrole nitrogens is 2. The minimum absolute atomic E-state index is 0.187. The maximum Gasteiger partial charge on any atom is 0.263 e. The molecule has 0 fully saturated rings. The predicted molar refractivity (Wildman–Crippen MR) is 45.0 cm³/mol. The second-order valence-corrected chi connectivity index (χ2v) is 2.45. The van der Waals surface area contributed by atoms with Crippen LogP contribution in [0, 0.1) is 0 Å². The second kappa shape index (κ2) is 2.74. The number of aromatic nitrogens is 4. The van der Waals surface area contributed by atoms with Crippen molar-refractivity contribution in [1.82, 2.24) is 19.9 Å². The van der Waals surface area contributed by atoms with Crippen molar-refractivity contribution in [3.63, 3.8) is 0 Å². The van der Waals surface area contributed by atoms with Gasteiger partial charge in [-0.3, -0.25) is 4.79 Å². The van der Waals surface area contributed by atoms with Gasteiger partial charge in [0.1, 0.15) is 5.82 Å². The molecule has 0 saturated carbocycles. The van der Waals surface area contributed by atoms with Gasteiger partial charge >= 0.3 is 0 Å². The van der Waals surface area contributed by atoms with Gasteiger partial charge < -0.3 is 15.7 Å². The molecule has 0 aliphatic carbocycles. The first-order valence-electron chi connectivity index (χ1n) is 3.62. The summed E-state index contributed by atoms with van der Waals surface area (Å²) in [5.41, 5.74) is 5.37. The average molecular weight is 177 g/mol. The minimum Gasteiger partial charge on any atom is -0.384 e. The fraction of sp³-hybridized carbons (Fsp3) is 0. The molecule has 13 heavy (non-hydrogen) atoms. The van der Waals surface area contributed by atoms with Crippen LogP contribution in [0.3, 0.4) is 0 Å². The highest BCUT2D eigenvalue weighted by atomic mass is 16.1. The molecule has 6 heteroatoms. The summed E-state index contributed by atoms with van der Waals surface area (Å²) in [7, 11) is 0. The molecule has 0 spiro atoms. The maximum absolute atomic E-state index is 11.5. The van der Waals surface area contributed by atoms with Crippen LogP contribution < -0.4 is 5.73 Å². The fourth-order valence-electron chi connectivity index (χ4n) is 0.952. The zero-order chi connectivity index (χ0) is 9.26. The molecular weight excluding hydrogens is 170 g/mol. The molecule has 0 unspecified atom stereocenters. The highest BCUT2D eigenvalue weighted by Gasteiger charge is 2.13. The SMILES string of the molecule is Nc1cnc(C(=O)c2ncc[nH]2)[nH]1. The van der Waals surface area contributed by atoms with Crippen LogP contribution in [0.2, 0.25) is 0 Å². The number of nitrogens with zero attached hydrogens (tertiary/aromatic N) is 2. The van der Waals surface area contributed by atoms with E-state index in [2.05, 4.69) is 19.9 Å². The Labute approximate surface area is 73.2 Å². The van der Waals surface area contributed by atoms with E-state index in [4.69, 9.17) is 5.73 Å². The molecule has 0 atom stereocenters. The number of carbonyl (C=O) groups excluding carboxylic acids is 1. The van der Waals surface area contributed by atoms with Gasteiger partial charge in [0.25, 0.3) is 5.78 Å². The molecule has 0 aliphatic heterocycles. The molecule has 4 N–H and O–H groups in total. The number of rotatable bonds is 2. The van der Waals surface area contributed by atoms with E-state index in [9.17, 15) is 4.79 Å². The van der Waals surface area contributed by atoms with E-state index < -0.39 is 0 Å². The molecule has 2 aromatic heterocycles. The van der Waals surface area contributed by atoms with Gasteiger partial charge in [-0.1, -0.05) is 0 Å². The first kappa shape index (κ1) is 7.53. The van der Waals surface area contributed by atoms with E-state index >= 15 is 0 Å². The number of imidazole rings is 2. The van der Waals surface area contributed by atoms with Gasteiger partial charge in [-0.05, 0) is 0 Å². The van der Waals surface area contributed by atoms with Crippen LogP contribution in [0.4, 0.5) is 5.82 Å². The molecule has 0 saturated heterocycles. The molecule has 0 radical (unpaired) electrons. The van der Waals surface area contributed by atoms with Gasteiger partial charge in [0.2, 0.25) is 0 Å². The molecule has 0 aliphatic rings. The van der Waals surface area contributed by atoms with Crippen LogP contribution in [0.5, 0.6) is 0 Å². The quantitative estimate of drug-likeness (QED) is 0.559. The van der Waals surface area contributed by atoms with Crippen LogP contribution in [-0.2, 0) is 0 Å². The summed E-state index contributed by atoms with van der Waals surface area (Å²) >= 11 is 0. The summed E-state index contributed by atoms with van der Waals surface area (Å²) in [4.78, 5) is 24.4. The number of anilines is 1. The van der Waals surface area contributed by atoms with Crippen molar-refractivity contribution in [2.24, 2.45) is 0 Å². The van der Waals surface area contributed by atoms with Gasteiger partial charge in [-0.15, -0.1) is 0 Å². The number of hydrogen-bond donors (Lipinski definition) is 3. The molecule has 0 bridgehead atoms. The molecule has 2 rings (SSSR count). The van der Waals surface area contributed by atoms with Crippen molar-refractivity contribution < 1.29 is 4.79 Å². The zero-order valence-electron chi connectivity index (χ0n) is 6.61. The number of nitrogen functional groups attached to an aromatic ring is 1. The normalized spacial score (nSPS) is 10.2. The van der Waals surface area contributed by atoms with Gasteiger partial charge in [0, 0.05) is 12.4 Å². The Morgan fingerprint density at radius 2 is 2.23 bits per heavy atom. The van der Waals surface area contributed by atoms with Crippen LogP contribution in [0.1, 0.15) is 16.4 Å². The van der Waals surface area contributed by atoms with E-state index in [0.717, 1.165) is 0 Å². The van der Waals surface area contributed by atoms with Crippen molar-refractivity contribution in [2.45, 2.75) is 0 Å². The summed E-state index contributed by atoms with van der Waals surface area (Å²) in [5.74, 6) is 0.485. The van der Waals surface area contributed by atoms with Crippen LogP contribution in [0.25, 0.3) is 0 Å². The van der Waals surface area contributed by atoms with E-state index in [1.54, 1.807) is 6.20 Å². The fourth-order valence-corrected chi connectivity index (χ4v) is 0.952. The predicted octanol–water partition coefficient (Wildman–Crippen LogP) is -0.0540. The third-order valence-electron chi connectivity index (χ3n) is 1.52. The number of nitrogens with one attached hydrogen (secondary N) is 2. The van der Waals surface area contributed by atoms with E-state index in [0.29, 0.717) is 5.82 Å². The van der Waals surface area contributed by atoms with Gasteiger partial charge in [0.05, 0.1) is 6.20 Å². The highest BCUT2D eigenvalue weighted by Crippen LogP contribution is 2.02. The molecule has 0 aromatic carbocycles. The molecule has 6 nitrogen and oxygen atoms in total. The minimum atomic E-state index is -0.304. The van der Waals surface area contributed by atoms with Gasteiger partial charge in [-0.2, -0.15) is 0 Å². The Morgan fingerprint density at radius 1 is 1.38 bits per heavy atom. The topological polar surface area (TPSA) is 100 Å². The van der Waals surface area contributed by atoms with Crippen LogP contribution in [0.15, 0.2) is 18.6 Å². The van der Waals surface area contributed by atoms with Crippen molar-refractivity contribution in [1.29, 1.82) is 0 Å². The van der Waals surface area contributed by atoms with Crippen molar-refractivity contribution >= 4 is 11.6 Å². The lowest BCUT2D eigenvalue weighted by Crippen LogP contribution is -2.05. The lowest BCUT2D eigenvalue weighted by atomic mass is 10.3. The third kappa shape index (κ3) is 1.28. The Kier molecular flexibility index (Phi) is 1.59. The number of ketones is 1.